The van der Waals surface area contributed by atoms with Crippen molar-refractivity contribution in [2.75, 3.05) is 6.61 Å². The van der Waals surface area contributed by atoms with Gasteiger partial charge in [0.25, 0.3) is 11.8 Å². The molecular weight excluding hydrogens is 414 g/mol. The molecule has 29 heavy (non-hydrogen) atoms. The van der Waals surface area contributed by atoms with Gasteiger partial charge in [-0.2, -0.15) is 0 Å². The van der Waals surface area contributed by atoms with E-state index >= 15 is 0 Å². The fraction of sp³-hybridized carbons (Fsp3) is 0.250. The minimum absolute atomic E-state index is 0.0442. The van der Waals surface area contributed by atoms with Crippen LogP contribution in [0.25, 0.3) is 0 Å². The van der Waals surface area contributed by atoms with Crippen molar-refractivity contribution in [3.63, 3.8) is 0 Å². The van der Waals surface area contributed by atoms with Crippen LogP contribution < -0.4 is 25.6 Å². The van der Waals surface area contributed by atoms with Crippen LogP contribution in [0.2, 0.25) is 5.02 Å². The van der Waals surface area contributed by atoms with Crippen LogP contribution in [0.3, 0.4) is 0 Å². The molecule has 0 fully saturated rings. The maximum atomic E-state index is 12.2. The first kappa shape index (κ1) is 22.4. The number of ether oxygens (including phenoxy) is 2. The summed E-state index contributed by atoms with van der Waals surface area (Å²) in [5, 5.41) is 3.04. The Morgan fingerprint density at radius 3 is 2.34 bits per heavy atom. The molecule has 0 saturated carbocycles. The molecule has 9 heteroatoms. The SMILES string of the molecule is Cc1cc(OCC(=O)NNC(=S)NC(=O)c2ccc(OC(C)C)cc2)ccc1Cl. The Labute approximate surface area is 179 Å². The molecule has 0 unspecified atom stereocenters. The topological polar surface area (TPSA) is 88.7 Å². The van der Waals surface area contributed by atoms with E-state index in [2.05, 4.69) is 16.2 Å². The summed E-state index contributed by atoms with van der Waals surface area (Å²) in [6.07, 6.45) is 0.0442. The zero-order chi connectivity index (χ0) is 21.4. The minimum Gasteiger partial charge on any atom is -0.491 e. The molecule has 2 amide bonds. The Morgan fingerprint density at radius 2 is 1.72 bits per heavy atom. The molecule has 0 aromatic heterocycles. The number of halogens is 1. The fourth-order valence-corrected chi connectivity index (χ4v) is 2.44. The summed E-state index contributed by atoms with van der Waals surface area (Å²) in [6.45, 7) is 5.44. The second kappa shape index (κ2) is 10.6. The van der Waals surface area contributed by atoms with Crippen LogP contribution in [0.4, 0.5) is 0 Å². The number of carbonyl (C=O) groups is 2. The quantitative estimate of drug-likeness (QED) is 0.477. The van der Waals surface area contributed by atoms with Crippen LogP contribution in [0, 0.1) is 6.92 Å². The van der Waals surface area contributed by atoms with Crippen LogP contribution in [-0.4, -0.2) is 29.6 Å². The number of hydrazine groups is 1. The molecule has 0 spiro atoms. The lowest BCUT2D eigenvalue weighted by Gasteiger charge is -2.12. The molecule has 0 aliphatic rings. The Bertz CT molecular complexity index is 888. The molecular formula is C20H22ClN3O4S. The van der Waals surface area contributed by atoms with Gasteiger partial charge in [0.2, 0.25) is 0 Å². The highest BCUT2D eigenvalue weighted by Crippen LogP contribution is 2.20. The van der Waals surface area contributed by atoms with Crippen molar-refractivity contribution in [1.82, 2.24) is 16.2 Å². The summed E-state index contributed by atoms with van der Waals surface area (Å²) in [7, 11) is 0. The molecule has 2 rings (SSSR count). The lowest BCUT2D eigenvalue weighted by molar-refractivity contribution is -0.123. The van der Waals surface area contributed by atoms with E-state index in [1.54, 1.807) is 42.5 Å². The van der Waals surface area contributed by atoms with Gasteiger partial charge in [-0.15, -0.1) is 0 Å². The molecule has 0 saturated heterocycles. The zero-order valence-electron chi connectivity index (χ0n) is 16.2. The summed E-state index contributed by atoms with van der Waals surface area (Å²) in [6, 6.07) is 11.7. The van der Waals surface area contributed by atoms with E-state index in [9.17, 15) is 9.59 Å². The number of aryl methyl sites for hydroxylation is 1. The number of nitrogens with one attached hydrogen (secondary N) is 3. The summed E-state index contributed by atoms with van der Waals surface area (Å²) < 4.78 is 10.9. The average molecular weight is 436 g/mol. The largest absolute Gasteiger partial charge is 0.491 e. The summed E-state index contributed by atoms with van der Waals surface area (Å²) >= 11 is 10.9. The molecule has 0 aliphatic carbocycles. The molecule has 3 N–H and O–H groups in total. The summed E-state index contributed by atoms with van der Waals surface area (Å²) in [5.74, 6) is 0.299. The second-order valence-corrected chi connectivity index (χ2v) is 7.16. The van der Waals surface area contributed by atoms with Gasteiger partial charge in [-0.1, -0.05) is 11.6 Å². The smallest absolute Gasteiger partial charge is 0.276 e. The van der Waals surface area contributed by atoms with Gasteiger partial charge >= 0.3 is 0 Å². The number of hydrogen-bond acceptors (Lipinski definition) is 5. The van der Waals surface area contributed by atoms with Crippen LogP contribution in [0.5, 0.6) is 11.5 Å². The van der Waals surface area contributed by atoms with E-state index in [0.717, 1.165) is 5.56 Å². The van der Waals surface area contributed by atoms with Crippen LogP contribution in [0.15, 0.2) is 42.5 Å². The third-order valence-corrected chi connectivity index (χ3v) is 4.16. The lowest BCUT2D eigenvalue weighted by atomic mass is 10.2. The van der Waals surface area contributed by atoms with Crippen LogP contribution in [0.1, 0.15) is 29.8 Å². The second-order valence-electron chi connectivity index (χ2n) is 6.35. The first-order chi connectivity index (χ1) is 13.7. The lowest BCUT2D eigenvalue weighted by Crippen LogP contribution is -2.49. The predicted molar refractivity (Wildman–Crippen MR) is 115 cm³/mol. The normalized spacial score (nSPS) is 10.2. The Hall–Kier alpha value is -2.84. The number of amides is 2. The maximum absolute atomic E-state index is 12.2. The van der Waals surface area contributed by atoms with Gasteiger partial charge in [0.15, 0.2) is 11.7 Å². The van der Waals surface area contributed by atoms with E-state index < -0.39 is 11.8 Å². The fourth-order valence-electron chi connectivity index (χ4n) is 2.18. The highest BCUT2D eigenvalue weighted by atomic mass is 35.5. The molecule has 7 nitrogen and oxygen atoms in total. The molecule has 0 aliphatic heterocycles. The minimum atomic E-state index is -0.468. The zero-order valence-corrected chi connectivity index (χ0v) is 17.8. The van der Waals surface area contributed by atoms with Gasteiger partial charge in [-0.25, -0.2) is 0 Å². The number of thiocarbonyl (C=S) groups is 1. The predicted octanol–water partition coefficient (Wildman–Crippen LogP) is 3.15. The molecule has 0 radical (unpaired) electrons. The third-order valence-electron chi connectivity index (χ3n) is 3.53. The van der Waals surface area contributed by atoms with Crippen LogP contribution in [-0.2, 0) is 4.79 Å². The van der Waals surface area contributed by atoms with Crippen molar-refractivity contribution in [2.45, 2.75) is 26.9 Å². The molecule has 2 aromatic rings. The van der Waals surface area contributed by atoms with E-state index in [1.807, 2.05) is 20.8 Å². The highest BCUT2D eigenvalue weighted by molar-refractivity contribution is 7.80. The molecule has 0 atom stereocenters. The van der Waals surface area contributed by atoms with Gasteiger partial charge in [0, 0.05) is 10.6 Å². The van der Waals surface area contributed by atoms with Crippen molar-refractivity contribution in [3.8, 4) is 11.5 Å². The molecule has 154 valence electrons. The maximum Gasteiger partial charge on any atom is 0.276 e. The van der Waals surface area contributed by atoms with Crippen molar-refractivity contribution >= 4 is 40.7 Å². The Kier molecular flexibility index (Phi) is 8.23. The third kappa shape index (κ3) is 7.59. The van der Waals surface area contributed by atoms with Gasteiger partial charge in [-0.3, -0.25) is 25.8 Å². The van der Waals surface area contributed by atoms with E-state index in [-0.39, 0.29) is 17.8 Å². The average Bonchev–Trinajstić information content (AvgIpc) is 2.67. The van der Waals surface area contributed by atoms with E-state index in [4.69, 9.17) is 33.3 Å². The standard InChI is InChI=1S/C20H22ClN3O4S/c1-12(2)28-15-6-4-14(5-7-15)19(26)22-20(29)24-23-18(25)11-27-16-8-9-17(21)13(3)10-16/h4-10,12H,11H2,1-3H3,(H,23,25)(H2,22,24,26,29). The number of rotatable bonds is 6. The van der Waals surface area contributed by atoms with Crippen molar-refractivity contribution in [1.29, 1.82) is 0 Å². The number of carbonyl (C=O) groups excluding carboxylic acids is 2. The van der Waals surface area contributed by atoms with Crippen molar-refractivity contribution in [3.05, 3.63) is 58.6 Å². The molecule has 0 bridgehead atoms. The van der Waals surface area contributed by atoms with E-state index in [1.165, 1.54) is 0 Å². The van der Waals surface area contributed by atoms with E-state index in [0.29, 0.717) is 22.1 Å². The molecule has 2 aromatic carbocycles. The Balaban J connectivity index is 1.74. The van der Waals surface area contributed by atoms with Gasteiger partial charge in [0.05, 0.1) is 6.10 Å². The highest BCUT2D eigenvalue weighted by Gasteiger charge is 2.10. The number of hydrogen-bond donors (Lipinski definition) is 3. The van der Waals surface area contributed by atoms with Gasteiger partial charge in [0.1, 0.15) is 11.5 Å². The summed E-state index contributed by atoms with van der Waals surface area (Å²) in [4.78, 5) is 24.0. The monoisotopic (exact) mass is 435 g/mol. The van der Waals surface area contributed by atoms with Crippen LogP contribution >= 0.6 is 23.8 Å². The van der Waals surface area contributed by atoms with Crippen molar-refractivity contribution in [2.24, 2.45) is 0 Å². The van der Waals surface area contributed by atoms with Gasteiger partial charge in [-0.05, 0) is 81.0 Å². The summed E-state index contributed by atoms with van der Waals surface area (Å²) in [5.41, 5.74) is 6.05. The number of benzene rings is 2. The van der Waals surface area contributed by atoms with Gasteiger partial charge < -0.3 is 9.47 Å². The Morgan fingerprint density at radius 1 is 1.07 bits per heavy atom. The first-order valence-electron chi connectivity index (χ1n) is 8.80. The first-order valence-corrected chi connectivity index (χ1v) is 9.59. The van der Waals surface area contributed by atoms with Crippen molar-refractivity contribution < 1.29 is 19.1 Å². The molecule has 0 heterocycles.